The van der Waals surface area contributed by atoms with Crippen LogP contribution < -0.4 is 5.69 Å². The number of nitrogens with zero attached hydrogens (tertiary/aromatic N) is 4. The molecule has 0 aliphatic carbocycles. The van der Waals surface area contributed by atoms with Gasteiger partial charge in [0, 0.05) is 31.6 Å². The minimum atomic E-state index is -0.219. The molecule has 2 aromatic rings. The molecule has 1 aliphatic rings. The molecule has 1 aromatic heterocycles. The van der Waals surface area contributed by atoms with Crippen molar-refractivity contribution < 1.29 is 4.79 Å². The van der Waals surface area contributed by atoms with Gasteiger partial charge < -0.3 is 0 Å². The summed E-state index contributed by atoms with van der Waals surface area (Å²) in [5.74, 6) is 0.711. The Balaban J connectivity index is 1.77. The second-order valence-corrected chi connectivity index (χ2v) is 7.03. The van der Waals surface area contributed by atoms with E-state index in [0.29, 0.717) is 28.0 Å². The van der Waals surface area contributed by atoms with Crippen molar-refractivity contribution in [2.45, 2.75) is 6.42 Å². The van der Waals surface area contributed by atoms with Crippen LogP contribution in [0.25, 0.3) is 0 Å². The molecule has 0 saturated heterocycles. The highest BCUT2D eigenvalue weighted by atomic mass is 32.2. The van der Waals surface area contributed by atoms with E-state index in [1.54, 1.807) is 38.4 Å². The molecule has 8 heteroatoms. The molecule has 6 nitrogen and oxygen atoms in total. The lowest BCUT2D eigenvalue weighted by atomic mass is 10.1. The van der Waals surface area contributed by atoms with Gasteiger partial charge in [0.25, 0.3) is 0 Å². The number of carbonyl (C=O) groups is 1. The number of hydrogen-bond acceptors (Lipinski definition) is 6. The Hall–Kier alpha value is -2.50. The van der Waals surface area contributed by atoms with Gasteiger partial charge in [-0.3, -0.25) is 13.9 Å². The van der Waals surface area contributed by atoms with Crippen molar-refractivity contribution in [1.82, 2.24) is 9.13 Å². The summed E-state index contributed by atoms with van der Waals surface area (Å²) in [6.45, 7) is 0. The summed E-state index contributed by atoms with van der Waals surface area (Å²) in [7, 11) is 3.30. The molecule has 2 heterocycles. The topological polar surface area (TPSA) is 80.1 Å². The second-order valence-electron chi connectivity index (χ2n) is 5.59. The predicted octanol–water partition coefficient (Wildman–Crippen LogP) is 2.53. The standard InChI is InChI=1S/C17H14N4O2S2/c1-20-15-12(16(24)21(2)17(20)23)7-14(19-15)25-9-13(22)11-5-3-4-10(6-11)8-18/h3-6H,7,9H2,1-2H3. The lowest BCUT2D eigenvalue weighted by molar-refractivity contribution is 0.102. The maximum Gasteiger partial charge on any atom is 0.330 e. The van der Waals surface area contributed by atoms with Crippen LogP contribution in [0.2, 0.25) is 0 Å². The fourth-order valence-corrected chi connectivity index (χ4v) is 3.69. The summed E-state index contributed by atoms with van der Waals surface area (Å²) in [4.78, 5) is 28.9. The van der Waals surface area contributed by atoms with Crippen LogP contribution in [0.1, 0.15) is 21.5 Å². The first-order valence-electron chi connectivity index (χ1n) is 7.45. The quantitative estimate of drug-likeness (QED) is 0.613. The largest absolute Gasteiger partial charge is 0.330 e. The van der Waals surface area contributed by atoms with E-state index < -0.39 is 0 Å². The number of ketones is 1. The molecule has 0 fully saturated rings. The van der Waals surface area contributed by atoms with Crippen LogP contribution in [-0.2, 0) is 20.5 Å². The highest BCUT2D eigenvalue weighted by molar-refractivity contribution is 8.14. The molecule has 0 atom stereocenters. The van der Waals surface area contributed by atoms with Crippen molar-refractivity contribution in [1.29, 1.82) is 5.26 Å². The Bertz CT molecular complexity index is 1070. The van der Waals surface area contributed by atoms with Gasteiger partial charge in [0.2, 0.25) is 0 Å². The molecule has 0 radical (unpaired) electrons. The van der Waals surface area contributed by atoms with Gasteiger partial charge in [0.15, 0.2) is 5.78 Å². The third kappa shape index (κ3) is 3.21. The first-order chi connectivity index (χ1) is 11.9. The van der Waals surface area contributed by atoms with Crippen molar-refractivity contribution in [2.24, 2.45) is 19.1 Å². The molecule has 0 unspecified atom stereocenters. The minimum Gasteiger partial charge on any atom is -0.293 e. The maximum absolute atomic E-state index is 12.3. The van der Waals surface area contributed by atoms with E-state index in [4.69, 9.17) is 17.5 Å². The number of aliphatic imine (C=N–C) groups is 1. The minimum absolute atomic E-state index is 0.0706. The van der Waals surface area contributed by atoms with E-state index >= 15 is 0 Å². The monoisotopic (exact) mass is 370 g/mol. The molecule has 25 heavy (non-hydrogen) atoms. The van der Waals surface area contributed by atoms with E-state index in [9.17, 15) is 9.59 Å². The van der Waals surface area contributed by atoms with Crippen molar-refractivity contribution in [3.05, 3.63) is 56.1 Å². The van der Waals surface area contributed by atoms with E-state index in [-0.39, 0.29) is 17.2 Å². The number of rotatable bonds is 3. The van der Waals surface area contributed by atoms with Gasteiger partial charge in [0.05, 0.1) is 22.4 Å². The van der Waals surface area contributed by atoms with Gasteiger partial charge in [-0.1, -0.05) is 24.4 Å². The Morgan fingerprint density at radius 2 is 2.16 bits per heavy atom. The smallest absolute Gasteiger partial charge is 0.293 e. The summed E-state index contributed by atoms with van der Waals surface area (Å²) in [5, 5.41) is 9.67. The zero-order valence-corrected chi connectivity index (χ0v) is 15.3. The summed E-state index contributed by atoms with van der Waals surface area (Å²) < 4.78 is 3.37. The highest BCUT2D eigenvalue weighted by Crippen LogP contribution is 2.29. The average molecular weight is 370 g/mol. The number of thioether (sulfide) groups is 1. The van der Waals surface area contributed by atoms with Gasteiger partial charge in [-0.25, -0.2) is 9.79 Å². The van der Waals surface area contributed by atoms with Crippen molar-refractivity contribution >= 4 is 40.6 Å². The van der Waals surface area contributed by atoms with E-state index in [2.05, 4.69) is 4.99 Å². The number of fused-ring (bicyclic) bond motifs is 1. The van der Waals surface area contributed by atoms with E-state index in [0.717, 1.165) is 10.6 Å². The van der Waals surface area contributed by atoms with Crippen LogP contribution >= 0.6 is 24.0 Å². The molecule has 0 bridgehead atoms. The molecule has 0 amide bonds. The first-order valence-corrected chi connectivity index (χ1v) is 8.84. The molecule has 1 aliphatic heterocycles. The molecule has 0 N–H and O–H groups in total. The third-order valence-electron chi connectivity index (χ3n) is 3.97. The number of carbonyl (C=O) groups excluding carboxylic acids is 1. The van der Waals surface area contributed by atoms with Crippen LogP contribution in [0.5, 0.6) is 0 Å². The molecule has 0 spiro atoms. The fraction of sp³-hybridized carbons (Fsp3) is 0.235. The van der Waals surface area contributed by atoms with E-state index in [1.807, 2.05) is 6.07 Å². The summed E-state index contributed by atoms with van der Waals surface area (Å²) >= 11 is 6.66. The number of Topliss-reactive ketones (excluding diaryl/α,β-unsaturated/α-hetero) is 1. The Kier molecular flexibility index (Phi) is 4.70. The van der Waals surface area contributed by atoms with Gasteiger partial charge in [-0.2, -0.15) is 5.26 Å². The molecule has 0 saturated carbocycles. The van der Waals surface area contributed by atoms with Crippen molar-refractivity contribution in [3.8, 4) is 6.07 Å². The molecule has 126 valence electrons. The SMILES string of the molecule is Cn1c2c(c(=S)n(C)c1=O)CC(SCC(=O)c1cccc(C#N)c1)=N2. The average Bonchev–Trinajstić information content (AvgIpc) is 3.07. The summed E-state index contributed by atoms with van der Waals surface area (Å²) in [6, 6.07) is 8.66. The Morgan fingerprint density at radius 3 is 2.88 bits per heavy atom. The Labute approximate surface area is 153 Å². The third-order valence-corrected chi connectivity index (χ3v) is 5.46. The van der Waals surface area contributed by atoms with Crippen LogP contribution in [0, 0.1) is 16.0 Å². The van der Waals surface area contributed by atoms with Crippen LogP contribution in [0.3, 0.4) is 0 Å². The molecular weight excluding hydrogens is 356 g/mol. The zero-order chi connectivity index (χ0) is 18.1. The maximum atomic E-state index is 12.3. The van der Waals surface area contributed by atoms with Crippen LogP contribution in [0.4, 0.5) is 5.82 Å². The number of hydrogen-bond donors (Lipinski definition) is 0. The van der Waals surface area contributed by atoms with Crippen LogP contribution in [-0.4, -0.2) is 25.7 Å². The van der Waals surface area contributed by atoms with Crippen molar-refractivity contribution in [3.63, 3.8) is 0 Å². The van der Waals surface area contributed by atoms with Gasteiger partial charge in [0.1, 0.15) is 10.5 Å². The molecule has 3 rings (SSSR count). The lowest BCUT2D eigenvalue weighted by Gasteiger charge is -2.07. The zero-order valence-electron chi connectivity index (χ0n) is 13.6. The van der Waals surface area contributed by atoms with Gasteiger partial charge >= 0.3 is 5.69 Å². The Morgan fingerprint density at radius 1 is 1.40 bits per heavy atom. The second kappa shape index (κ2) is 6.78. The molecule has 1 aromatic carbocycles. The van der Waals surface area contributed by atoms with Crippen LogP contribution in [0.15, 0.2) is 34.1 Å². The van der Waals surface area contributed by atoms with Gasteiger partial charge in [-0.15, -0.1) is 11.8 Å². The number of aromatic nitrogens is 2. The first kappa shape index (κ1) is 17.3. The van der Waals surface area contributed by atoms with Crippen molar-refractivity contribution in [2.75, 3.05) is 5.75 Å². The lowest BCUT2D eigenvalue weighted by Crippen LogP contribution is -2.28. The normalized spacial score (nSPS) is 12.4. The number of benzene rings is 1. The molecular formula is C17H14N4O2S2. The fourth-order valence-electron chi connectivity index (χ4n) is 2.59. The summed E-state index contributed by atoms with van der Waals surface area (Å²) in [5.41, 5.74) is 1.58. The highest BCUT2D eigenvalue weighted by Gasteiger charge is 2.22. The van der Waals surface area contributed by atoms with Gasteiger partial charge in [-0.05, 0) is 12.1 Å². The number of nitriles is 1. The predicted molar refractivity (Wildman–Crippen MR) is 100 cm³/mol. The summed E-state index contributed by atoms with van der Waals surface area (Å²) in [6.07, 6.45) is 0.520. The van der Waals surface area contributed by atoms with E-state index in [1.165, 1.54) is 20.9 Å².